The molecule has 0 saturated heterocycles. The van der Waals surface area contributed by atoms with Crippen LogP contribution in [0.5, 0.6) is 11.6 Å². The van der Waals surface area contributed by atoms with Crippen LogP contribution in [-0.2, 0) is 0 Å². The summed E-state index contributed by atoms with van der Waals surface area (Å²) in [6, 6.07) is 16.3. The highest BCUT2D eigenvalue weighted by molar-refractivity contribution is 7.19. The number of aryl methyl sites for hydroxylation is 1. The number of aromatic nitrogens is 2. The van der Waals surface area contributed by atoms with Gasteiger partial charge in [-0.2, -0.15) is 0 Å². The quantitative estimate of drug-likeness (QED) is 0.488. The summed E-state index contributed by atoms with van der Waals surface area (Å²) in [6.07, 6.45) is 1.45. The number of rotatable bonds is 3. The van der Waals surface area contributed by atoms with Crippen molar-refractivity contribution in [1.29, 1.82) is 0 Å². The molecular formula is C19H13FN2OS. The molecule has 0 radical (unpaired) electrons. The molecule has 2 aromatic carbocycles. The van der Waals surface area contributed by atoms with Gasteiger partial charge in [-0.15, -0.1) is 11.3 Å². The molecule has 3 nitrogen and oxygen atoms in total. The Kier molecular flexibility index (Phi) is 3.70. The number of ether oxygens (including phenoxy) is 1. The molecule has 0 amide bonds. The minimum absolute atomic E-state index is 0.153. The monoisotopic (exact) mass is 336 g/mol. The van der Waals surface area contributed by atoms with Gasteiger partial charge >= 0.3 is 0 Å². The molecule has 0 unspecified atom stereocenters. The van der Waals surface area contributed by atoms with Gasteiger partial charge < -0.3 is 4.74 Å². The van der Waals surface area contributed by atoms with Crippen molar-refractivity contribution < 1.29 is 9.13 Å². The zero-order chi connectivity index (χ0) is 16.5. The van der Waals surface area contributed by atoms with E-state index in [1.54, 1.807) is 29.5 Å². The van der Waals surface area contributed by atoms with E-state index in [4.69, 9.17) is 4.74 Å². The molecule has 0 saturated carbocycles. The lowest BCUT2D eigenvalue weighted by Crippen LogP contribution is -1.93. The van der Waals surface area contributed by atoms with Crippen LogP contribution in [0.4, 0.5) is 4.39 Å². The molecular weight excluding hydrogens is 323 g/mol. The van der Waals surface area contributed by atoms with E-state index in [0.29, 0.717) is 5.88 Å². The summed E-state index contributed by atoms with van der Waals surface area (Å²) in [4.78, 5) is 10.5. The molecule has 2 heterocycles. The molecule has 118 valence electrons. The second kappa shape index (κ2) is 6.02. The fourth-order valence-corrected chi connectivity index (χ4v) is 3.68. The standard InChI is InChI=1S/C19H13FN2OS/c1-12-16(13-7-3-2-4-8-13)17-18(21-11-22-19(17)24-12)23-15-10-6-5-9-14(15)20/h2-11H,1H3. The van der Waals surface area contributed by atoms with Crippen LogP contribution in [0, 0.1) is 12.7 Å². The molecule has 0 aliphatic rings. The lowest BCUT2D eigenvalue weighted by Gasteiger charge is -2.08. The van der Waals surface area contributed by atoms with Gasteiger partial charge in [0.25, 0.3) is 0 Å². The average Bonchev–Trinajstić information content (AvgIpc) is 2.94. The Morgan fingerprint density at radius 2 is 1.71 bits per heavy atom. The third-order valence-electron chi connectivity index (χ3n) is 3.74. The number of halogens is 1. The second-order valence-electron chi connectivity index (χ2n) is 5.29. The molecule has 0 bridgehead atoms. The van der Waals surface area contributed by atoms with E-state index < -0.39 is 5.82 Å². The van der Waals surface area contributed by atoms with E-state index >= 15 is 0 Å². The first-order valence-electron chi connectivity index (χ1n) is 7.46. The van der Waals surface area contributed by atoms with Crippen molar-refractivity contribution in [2.45, 2.75) is 6.92 Å². The Balaban J connectivity index is 1.92. The first-order valence-corrected chi connectivity index (χ1v) is 8.27. The lowest BCUT2D eigenvalue weighted by molar-refractivity contribution is 0.432. The Morgan fingerprint density at radius 3 is 2.50 bits per heavy atom. The number of thiophene rings is 1. The summed E-state index contributed by atoms with van der Waals surface area (Å²) in [7, 11) is 0. The van der Waals surface area contributed by atoms with Crippen molar-refractivity contribution >= 4 is 21.6 Å². The summed E-state index contributed by atoms with van der Waals surface area (Å²) >= 11 is 1.58. The van der Waals surface area contributed by atoms with Crippen LogP contribution in [0.25, 0.3) is 21.3 Å². The summed E-state index contributed by atoms with van der Waals surface area (Å²) in [5.74, 6) is 0.103. The SMILES string of the molecule is Cc1sc2ncnc(Oc3ccccc3F)c2c1-c1ccccc1. The molecule has 0 aliphatic heterocycles. The van der Waals surface area contributed by atoms with Crippen LogP contribution in [0.15, 0.2) is 60.9 Å². The van der Waals surface area contributed by atoms with Gasteiger partial charge in [-0.25, -0.2) is 14.4 Å². The number of fused-ring (bicyclic) bond motifs is 1. The van der Waals surface area contributed by atoms with Crippen LogP contribution < -0.4 is 4.74 Å². The number of hydrogen-bond acceptors (Lipinski definition) is 4. The van der Waals surface area contributed by atoms with Crippen LogP contribution in [-0.4, -0.2) is 9.97 Å². The van der Waals surface area contributed by atoms with Crippen LogP contribution >= 0.6 is 11.3 Å². The largest absolute Gasteiger partial charge is 0.435 e. The molecule has 0 fully saturated rings. The fourth-order valence-electron chi connectivity index (χ4n) is 2.68. The maximum atomic E-state index is 13.9. The zero-order valence-electron chi connectivity index (χ0n) is 12.9. The molecule has 5 heteroatoms. The van der Waals surface area contributed by atoms with Crippen LogP contribution in [0.2, 0.25) is 0 Å². The second-order valence-corrected chi connectivity index (χ2v) is 6.49. The van der Waals surface area contributed by atoms with E-state index in [9.17, 15) is 4.39 Å². The van der Waals surface area contributed by atoms with Gasteiger partial charge in [0.05, 0.1) is 5.39 Å². The number of hydrogen-bond donors (Lipinski definition) is 0. The van der Waals surface area contributed by atoms with Crippen molar-refractivity contribution in [2.75, 3.05) is 0 Å². The summed E-state index contributed by atoms with van der Waals surface area (Å²) in [5.41, 5.74) is 2.09. The van der Waals surface area contributed by atoms with Crippen molar-refractivity contribution in [3.63, 3.8) is 0 Å². The fraction of sp³-hybridized carbons (Fsp3) is 0.0526. The highest BCUT2D eigenvalue weighted by Gasteiger charge is 2.18. The number of para-hydroxylation sites is 1. The van der Waals surface area contributed by atoms with Crippen LogP contribution in [0.3, 0.4) is 0 Å². The molecule has 0 aliphatic carbocycles. The Labute approximate surface area is 142 Å². The first-order chi connectivity index (χ1) is 11.7. The maximum absolute atomic E-state index is 13.9. The number of nitrogens with zero attached hydrogens (tertiary/aromatic N) is 2. The molecule has 0 N–H and O–H groups in total. The highest BCUT2D eigenvalue weighted by atomic mass is 32.1. The van der Waals surface area contributed by atoms with Crippen molar-refractivity contribution in [3.8, 4) is 22.8 Å². The average molecular weight is 336 g/mol. The molecule has 0 atom stereocenters. The predicted octanol–water partition coefficient (Wildman–Crippen LogP) is 5.60. The zero-order valence-corrected chi connectivity index (χ0v) is 13.7. The van der Waals surface area contributed by atoms with Crippen molar-refractivity contribution in [3.05, 3.63) is 71.6 Å². The van der Waals surface area contributed by atoms with E-state index in [-0.39, 0.29) is 5.75 Å². The predicted molar refractivity (Wildman–Crippen MR) is 94.1 cm³/mol. The summed E-state index contributed by atoms with van der Waals surface area (Å²) in [6.45, 7) is 2.04. The van der Waals surface area contributed by atoms with Crippen molar-refractivity contribution in [2.24, 2.45) is 0 Å². The molecule has 24 heavy (non-hydrogen) atoms. The molecule has 4 rings (SSSR count). The van der Waals surface area contributed by atoms with E-state index in [1.807, 2.05) is 37.3 Å². The van der Waals surface area contributed by atoms with Gasteiger partial charge in [-0.3, -0.25) is 0 Å². The van der Waals surface area contributed by atoms with Gasteiger partial charge in [-0.1, -0.05) is 42.5 Å². The smallest absolute Gasteiger partial charge is 0.231 e. The Morgan fingerprint density at radius 1 is 0.958 bits per heavy atom. The van der Waals surface area contributed by atoms with Gasteiger partial charge in [0.15, 0.2) is 11.6 Å². The molecule has 4 aromatic rings. The third kappa shape index (κ3) is 2.53. The highest BCUT2D eigenvalue weighted by Crippen LogP contribution is 2.42. The number of benzene rings is 2. The Hall–Kier alpha value is -2.79. The molecule has 2 aromatic heterocycles. The summed E-state index contributed by atoms with van der Waals surface area (Å²) in [5, 5.41) is 0.814. The minimum Gasteiger partial charge on any atom is -0.435 e. The van der Waals surface area contributed by atoms with Crippen molar-refractivity contribution in [1.82, 2.24) is 9.97 Å². The molecule has 0 spiro atoms. The lowest BCUT2D eigenvalue weighted by atomic mass is 10.0. The minimum atomic E-state index is -0.419. The summed E-state index contributed by atoms with van der Waals surface area (Å²) < 4.78 is 19.7. The van der Waals surface area contributed by atoms with Gasteiger partial charge in [0.1, 0.15) is 11.2 Å². The Bertz CT molecular complexity index is 1010. The van der Waals surface area contributed by atoms with Crippen LogP contribution in [0.1, 0.15) is 4.88 Å². The maximum Gasteiger partial charge on any atom is 0.231 e. The normalized spacial score (nSPS) is 10.9. The third-order valence-corrected chi connectivity index (χ3v) is 4.75. The van der Waals surface area contributed by atoms with Gasteiger partial charge in [0, 0.05) is 10.4 Å². The van der Waals surface area contributed by atoms with E-state index in [0.717, 1.165) is 26.2 Å². The van der Waals surface area contributed by atoms with E-state index in [2.05, 4.69) is 9.97 Å². The van der Waals surface area contributed by atoms with E-state index in [1.165, 1.54) is 12.4 Å². The van der Waals surface area contributed by atoms with Gasteiger partial charge in [0.2, 0.25) is 5.88 Å². The van der Waals surface area contributed by atoms with Gasteiger partial charge in [-0.05, 0) is 24.6 Å². The first kappa shape index (κ1) is 14.8. The topological polar surface area (TPSA) is 35.0 Å².